The Bertz CT molecular complexity index is 795. The van der Waals surface area contributed by atoms with Crippen LogP contribution < -0.4 is 0 Å². The molecule has 2 saturated heterocycles. The molecule has 0 saturated carbocycles. The molecule has 160 valence electrons. The second kappa shape index (κ2) is 10.1. The average molecular weight is 412 g/mol. The highest BCUT2D eigenvalue weighted by Crippen LogP contribution is 2.36. The third kappa shape index (κ3) is 5.41. The normalized spacial score (nSPS) is 20.9. The number of benzene rings is 1. The Morgan fingerprint density at radius 2 is 2.00 bits per heavy atom. The number of nitrogens with zero attached hydrogens (tertiary/aromatic N) is 3. The van der Waals surface area contributed by atoms with E-state index >= 15 is 0 Å². The minimum absolute atomic E-state index is 0.0357. The Morgan fingerprint density at radius 1 is 1.17 bits per heavy atom. The maximum absolute atomic E-state index is 12.6. The monoisotopic (exact) mass is 411 g/mol. The maximum Gasteiger partial charge on any atom is 0.272 e. The number of ether oxygens (including phenoxy) is 3. The van der Waals surface area contributed by atoms with Gasteiger partial charge in [0.2, 0.25) is 0 Å². The van der Waals surface area contributed by atoms with Crippen molar-refractivity contribution < 1.29 is 19.0 Å². The van der Waals surface area contributed by atoms with E-state index in [2.05, 4.69) is 22.1 Å². The van der Waals surface area contributed by atoms with E-state index in [0.717, 1.165) is 25.7 Å². The number of likely N-dealkylation sites (tertiary alicyclic amines) is 1. The minimum atomic E-state index is -0.184. The number of aromatic nitrogens is 2. The van der Waals surface area contributed by atoms with E-state index in [1.54, 1.807) is 12.3 Å². The molecule has 30 heavy (non-hydrogen) atoms. The van der Waals surface area contributed by atoms with E-state index in [-0.39, 0.29) is 17.6 Å². The van der Waals surface area contributed by atoms with E-state index in [0.29, 0.717) is 45.2 Å². The zero-order valence-electron chi connectivity index (χ0n) is 17.2. The molecule has 2 aliphatic heterocycles. The van der Waals surface area contributed by atoms with Crippen LogP contribution in [0.25, 0.3) is 0 Å². The summed E-state index contributed by atoms with van der Waals surface area (Å²) in [6, 6.07) is 11.8. The molecular weight excluding hydrogens is 382 g/mol. The maximum atomic E-state index is 12.6. The second-order valence-corrected chi connectivity index (χ2v) is 7.94. The van der Waals surface area contributed by atoms with Crippen LogP contribution in [0.4, 0.5) is 0 Å². The lowest BCUT2D eigenvalue weighted by Crippen LogP contribution is -2.52. The summed E-state index contributed by atoms with van der Waals surface area (Å²) in [4.78, 5) is 22.4. The molecule has 1 spiro atoms. The highest BCUT2D eigenvalue weighted by molar-refractivity contribution is 5.92. The molecule has 2 fully saturated rings. The molecule has 1 unspecified atom stereocenters. The summed E-state index contributed by atoms with van der Waals surface area (Å²) < 4.78 is 18.0. The molecular formula is C23H29N3O4. The van der Waals surface area contributed by atoms with Crippen LogP contribution in [0.3, 0.4) is 0 Å². The predicted molar refractivity (Wildman–Crippen MR) is 111 cm³/mol. The molecule has 1 atom stereocenters. The lowest BCUT2D eigenvalue weighted by atomic mass is 9.83. The average Bonchev–Trinajstić information content (AvgIpc) is 2.80. The molecule has 0 N–H and O–H groups in total. The van der Waals surface area contributed by atoms with Crippen LogP contribution in [-0.2, 0) is 20.8 Å². The van der Waals surface area contributed by atoms with Gasteiger partial charge in [-0.05, 0) is 30.9 Å². The second-order valence-electron chi connectivity index (χ2n) is 7.94. The number of hydrogen-bond acceptors (Lipinski definition) is 6. The zero-order valence-corrected chi connectivity index (χ0v) is 17.2. The van der Waals surface area contributed by atoms with E-state index in [9.17, 15) is 4.79 Å². The molecule has 4 rings (SSSR count). The van der Waals surface area contributed by atoms with Crippen LogP contribution in [-0.4, -0.2) is 65.4 Å². The van der Waals surface area contributed by atoms with Gasteiger partial charge in [0.25, 0.3) is 5.91 Å². The standard InChI is InChI=1S/C23H29N3O4/c27-22(21-6-10-24-18-25-21)26-11-8-23(9-12-26)16-20(7-13-30-23)29-15-14-28-17-19-4-2-1-3-5-19/h1-6,10,18,20H,7-9,11-17H2. The van der Waals surface area contributed by atoms with Gasteiger partial charge in [0.05, 0.1) is 31.5 Å². The van der Waals surface area contributed by atoms with Gasteiger partial charge in [0, 0.05) is 32.3 Å². The van der Waals surface area contributed by atoms with Crippen LogP contribution in [0.15, 0.2) is 48.9 Å². The molecule has 7 nitrogen and oxygen atoms in total. The SMILES string of the molecule is O=C(c1ccncn1)N1CCC2(CC1)CC(OCCOCc1ccccc1)CCO2. The van der Waals surface area contributed by atoms with Gasteiger partial charge in [-0.2, -0.15) is 0 Å². The fourth-order valence-electron chi connectivity index (χ4n) is 4.21. The summed E-state index contributed by atoms with van der Waals surface area (Å²) >= 11 is 0. The van der Waals surface area contributed by atoms with Crippen molar-refractivity contribution in [2.24, 2.45) is 0 Å². The van der Waals surface area contributed by atoms with E-state index in [1.807, 2.05) is 23.1 Å². The number of carbonyl (C=O) groups excluding carboxylic acids is 1. The predicted octanol–water partition coefficient (Wildman–Crippen LogP) is 2.86. The van der Waals surface area contributed by atoms with Crippen molar-refractivity contribution >= 4 is 5.91 Å². The van der Waals surface area contributed by atoms with E-state index in [1.165, 1.54) is 11.9 Å². The number of piperidine rings is 1. The van der Waals surface area contributed by atoms with Crippen molar-refractivity contribution in [1.29, 1.82) is 0 Å². The van der Waals surface area contributed by atoms with E-state index in [4.69, 9.17) is 14.2 Å². The minimum Gasteiger partial charge on any atom is -0.376 e. The lowest BCUT2D eigenvalue weighted by molar-refractivity contribution is -0.155. The summed E-state index contributed by atoms with van der Waals surface area (Å²) in [5.74, 6) is -0.0357. The highest BCUT2D eigenvalue weighted by Gasteiger charge is 2.41. The summed E-state index contributed by atoms with van der Waals surface area (Å²) in [6.45, 7) is 3.84. The van der Waals surface area contributed by atoms with Gasteiger partial charge in [-0.15, -0.1) is 0 Å². The molecule has 2 aromatic rings. The largest absolute Gasteiger partial charge is 0.376 e. The van der Waals surface area contributed by atoms with Gasteiger partial charge >= 0.3 is 0 Å². The van der Waals surface area contributed by atoms with E-state index < -0.39 is 0 Å². The molecule has 1 amide bonds. The number of rotatable bonds is 7. The molecule has 0 bridgehead atoms. The molecule has 2 aliphatic rings. The Hall–Kier alpha value is -2.35. The first-order valence-corrected chi connectivity index (χ1v) is 10.7. The van der Waals surface area contributed by atoms with Gasteiger partial charge < -0.3 is 19.1 Å². The van der Waals surface area contributed by atoms with Gasteiger partial charge in [-0.25, -0.2) is 9.97 Å². The third-order valence-corrected chi connectivity index (χ3v) is 5.90. The molecule has 7 heteroatoms. The van der Waals surface area contributed by atoms with Crippen molar-refractivity contribution in [2.45, 2.75) is 44.0 Å². The first-order valence-electron chi connectivity index (χ1n) is 10.7. The van der Waals surface area contributed by atoms with Crippen molar-refractivity contribution in [3.05, 3.63) is 60.2 Å². The van der Waals surface area contributed by atoms with Crippen molar-refractivity contribution in [3.8, 4) is 0 Å². The van der Waals surface area contributed by atoms with Crippen molar-refractivity contribution in [2.75, 3.05) is 32.9 Å². The van der Waals surface area contributed by atoms with Gasteiger partial charge in [-0.1, -0.05) is 30.3 Å². The summed E-state index contributed by atoms with van der Waals surface area (Å²) in [5, 5.41) is 0. The first-order chi connectivity index (χ1) is 14.7. The molecule has 1 aromatic carbocycles. The number of hydrogen-bond donors (Lipinski definition) is 0. The van der Waals surface area contributed by atoms with Gasteiger partial charge in [0.1, 0.15) is 12.0 Å². The van der Waals surface area contributed by atoms with Crippen LogP contribution in [0.2, 0.25) is 0 Å². The van der Waals surface area contributed by atoms with Crippen LogP contribution in [0.1, 0.15) is 41.7 Å². The van der Waals surface area contributed by atoms with Gasteiger partial charge in [-0.3, -0.25) is 4.79 Å². The zero-order chi connectivity index (χ0) is 20.7. The number of carbonyl (C=O) groups is 1. The topological polar surface area (TPSA) is 73.8 Å². The summed E-state index contributed by atoms with van der Waals surface area (Å²) in [7, 11) is 0. The van der Waals surface area contributed by atoms with Crippen molar-refractivity contribution in [1.82, 2.24) is 14.9 Å². The van der Waals surface area contributed by atoms with Crippen LogP contribution in [0.5, 0.6) is 0 Å². The Kier molecular flexibility index (Phi) is 7.04. The molecule has 1 aromatic heterocycles. The molecule has 0 aliphatic carbocycles. The lowest BCUT2D eigenvalue weighted by Gasteiger charge is -2.46. The Balaban J connectivity index is 1.19. The first kappa shape index (κ1) is 20.9. The molecule has 0 radical (unpaired) electrons. The van der Waals surface area contributed by atoms with Crippen molar-refractivity contribution in [3.63, 3.8) is 0 Å². The van der Waals surface area contributed by atoms with Crippen LogP contribution >= 0.6 is 0 Å². The number of amides is 1. The smallest absolute Gasteiger partial charge is 0.272 e. The molecule has 3 heterocycles. The van der Waals surface area contributed by atoms with Crippen LogP contribution in [0, 0.1) is 0 Å². The fraction of sp³-hybridized carbons (Fsp3) is 0.522. The quantitative estimate of drug-likeness (QED) is 0.653. The third-order valence-electron chi connectivity index (χ3n) is 5.90. The Labute approximate surface area is 177 Å². The summed E-state index contributed by atoms with van der Waals surface area (Å²) in [5.41, 5.74) is 1.43. The Morgan fingerprint density at radius 3 is 2.77 bits per heavy atom. The summed E-state index contributed by atoms with van der Waals surface area (Å²) in [6.07, 6.45) is 6.63. The van der Waals surface area contributed by atoms with Gasteiger partial charge in [0.15, 0.2) is 0 Å². The fourth-order valence-corrected chi connectivity index (χ4v) is 4.21. The highest BCUT2D eigenvalue weighted by atomic mass is 16.5.